The van der Waals surface area contributed by atoms with Crippen LogP contribution in [0.1, 0.15) is 175 Å². The molecule has 9 saturated heterocycles. The standard InChI is InChI=1S/C23H39N5O3.C20H34N6O2.C18H31N5O.C2H4ClNO.H2/c1-17-24-21(31-25-17)27-12-5-7-19(11-16-27)26-14-9-18(10-15-26)20-8-6-13-28(20)22(29)30-23(2,3)4;1-15-22-20(28-23-15)25-10-3-5-17(9-14-25)24-12-7-16(8-13-24)18-6-4-11-26(18)19(27)21-2;1-14-20-18(24-21-14)23-10-3-4-16(8-13-23)22-11-6-15(7-12-22)17-5-2-9-19-17;1-4-2(3)5;/h18-20H,5-16H2,1-4H3;16-18H,3-14H2,1-2H3,(H,21,27);15-17,19H,2-13H2,1H3;1H3,(H,4,5);1H/t19?,20-;17?,18-;16?,17-;;/m000../s1/i;;;;1+1. The molecule has 9 aliphatic heterocycles. The number of nitrogens with one attached hydrogen (secondary N) is 3. The van der Waals surface area contributed by atoms with E-state index in [1.807, 2.05) is 46.4 Å². The highest BCUT2D eigenvalue weighted by atomic mass is 35.5. The molecule has 3 aromatic rings. The molecule has 9 fully saturated rings. The molecule has 0 aliphatic carbocycles. The van der Waals surface area contributed by atoms with Gasteiger partial charge in [0.2, 0.25) is 0 Å². The van der Waals surface area contributed by atoms with Crippen molar-refractivity contribution in [1.29, 1.82) is 0 Å². The molecule has 25 heteroatoms. The Balaban J connectivity index is 0.000000166. The predicted octanol–water partition coefficient (Wildman–Crippen LogP) is 9.11. The first-order valence-electron chi connectivity index (χ1n) is 34.0. The quantitative estimate of drug-likeness (QED) is 0.134. The van der Waals surface area contributed by atoms with Gasteiger partial charge in [0, 0.05) is 104 Å². The van der Waals surface area contributed by atoms with E-state index < -0.39 is 11.0 Å². The fourth-order valence-electron chi connectivity index (χ4n) is 15.8. The fourth-order valence-corrected chi connectivity index (χ4v) is 15.8. The van der Waals surface area contributed by atoms with E-state index in [1.165, 1.54) is 123 Å². The second-order valence-corrected chi connectivity index (χ2v) is 27.6. The average Bonchev–Trinajstić information content (AvgIpc) is 4.36. The first kappa shape index (κ1) is 67.4. The lowest BCUT2D eigenvalue weighted by atomic mass is 9.87. The van der Waals surface area contributed by atoms with Crippen molar-refractivity contribution in [2.75, 3.05) is 127 Å². The number of ether oxygens (including phenoxy) is 1. The van der Waals surface area contributed by atoms with Crippen molar-refractivity contribution in [3.8, 4) is 0 Å². The lowest BCUT2D eigenvalue weighted by molar-refractivity contribution is 0.0116. The average molecular weight is 1250 g/mol. The summed E-state index contributed by atoms with van der Waals surface area (Å²) >= 11 is 4.71. The first-order valence-corrected chi connectivity index (χ1v) is 34.4. The highest BCUT2D eigenvalue weighted by Gasteiger charge is 2.41. The van der Waals surface area contributed by atoms with E-state index >= 15 is 0 Å². The van der Waals surface area contributed by atoms with Gasteiger partial charge in [-0.25, -0.2) is 9.59 Å². The van der Waals surface area contributed by atoms with Gasteiger partial charge >= 0.3 is 35.5 Å². The summed E-state index contributed by atoms with van der Waals surface area (Å²) in [5.74, 6) is 4.29. The highest BCUT2D eigenvalue weighted by Crippen LogP contribution is 2.36. The number of amides is 4. The van der Waals surface area contributed by atoms with Gasteiger partial charge in [0.1, 0.15) is 5.60 Å². The van der Waals surface area contributed by atoms with E-state index in [1.54, 1.807) is 7.05 Å². The monoisotopic (exact) mass is 1250 g/mol. The maximum Gasteiger partial charge on any atom is 0.410 e. The summed E-state index contributed by atoms with van der Waals surface area (Å²) in [5, 5.41) is 20.0. The van der Waals surface area contributed by atoms with Crippen LogP contribution in [-0.2, 0) is 4.74 Å². The van der Waals surface area contributed by atoms with Crippen molar-refractivity contribution in [1.82, 2.24) is 70.9 Å². The Morgan fingerprint density at radius 3 is 1.20 bits per heavy atom. The molecule has 3 aromatic heterocycles. The summed E-state index contributed by atoms with van der Waals surface area (Å²) in [6.07, 6.45) is 25.5. The number of hydrogen-bond acceptors (Lipinski definition) is 20. The van der Waals surface area contributed by atoms with Gasteiger partial charge in [-0.05, 0) is 252 Å². The number of aromatic nitrogens is 6. The van der Waals surface area contributed by atoms with Gasteiger partial charge < -0.3 is 73.5 Å². The zero-order chi connectivity index (χ0) is 62.2. The first-order chi connectivity index (χ1) is 42.5. The lowest BCUT2D eigenvalue weighted by Crippen LogP contribution is -2.49. The summed E-state index contributed by atoms with van der Waals surface area (Å²) in [7, 11) is 3.21. The Hall–Kier alpha value is -5.04. The van der Waals surface area contributed by atoms with Crippen LogP contribution in [0.4, 0.5) is 32.4 Å². The smallest absolute Gasteiger partial charge is 0.410 e. The van der Waals surface area contributed by atoms with Crippen LogP contribution in [0.3, 0.4) is 0 Å². The number of carbonyl (C=O) groups excluding carboxylic acids is 3. The number of anilines is 3. The number of halogens is 1. The molecular weight excluding hydrogens is 1140 g/mol. The number of aryl methyl sites for hydroxylation is 3. The number of piperidine rings is 3. The zero-order valence-electron chi connectivity index (χ0n) is 54.6. The third-order valence-corrected chi connectivity index (χ3v) is 20.6. The number of likely N-dealkylation sites (tertiary alicyclic amines) is 5. The molecule has 9 aliphatic rings. The van der Waals surface area contributed by atoms with Crippen LogP contribution in [0.25, 0.3) is 0 Å². The van der Waals surface area contributed by atoms with Crippen LogP contribution in [0, 0.1) is 38.5 Å². The van der Waals surface area contributed by atoms with Gasteiger partial charge in [-0.1, -0.05) is 15.5 Å². The number of carbonyl (C=O) groups is 3. The maximum absolute atomic E-state index is 12.7. The van der Waals surface area contributed by atoms with Crippen LogP contribution in [0.15, 0.2) is 13.6 Å². The van der Waals surface area contributed by atoms with Crippen molar-refractivity contribution in [2.24, 2.45) is 17.8 Å². The highest BCUT2D eigenvalue weighted by molar-refractivity contribution is 6.62. The molecule has 3 N–H and O–H groups in total. The van der Waals surface area contributed by atoms with Crippen LogP contribution in [-0.4, -0.2) is 227 Å². The molecule has 0 radical (unpaired) electrons. The molecule has 12 rings (SSSR count). The number of hydrogen-bond donors (Lipinski definition) is 3. The Labute approximate surface area is 530 Å². The molecule has 0 saturated carbocycles. The summed E-state index contributed by atoms with van der Waals surface area (Å²) in [5.41, 5.74) is -0.430. The van der Waals surface area contributed by atoms with E-state index in [4.69, 9.17) is 29.9 Å². The third-order valence-electron chi connectivity index (χ3n) is 20.4. The Bertz CT molecular complexity index is 2580. The zero-order valence-corrected chi connectivity index (χ0v) is 55.4. The molecule has 88 heavy (non-hydrogen) atoms. The Kier molecular flexibility index (Phi) is 25.1. The van der Waals surface area contributed by atoms with Crippen LogP contribution >= 0.6 is 11.6 Å². The molecule has 496 valence electrons. The van der Waals surface area contributed by atoms with Gasteiger partial charge in [0.25, 0.3) is 0 Å². The normalized spacial score (nSPS) is 27.0. The minimum Gasteiger partial charge on any atom is -0.444 e. The number of rotatable bonds is 9. The topological polar surface area (TPSA) is 239 Å². The predicted molar refractivity (Wildman–Crippen MR) is 343 cm³/mol. The molecule has 6 atom stereocenters. The largest absolute Gasteiger partial charge is 0.444 e. The van der Waals surface area contributed by atoms with E-state index in [-0.39, 0.29) is 13.6 Å². The summed E-state index contributed by atoms with van der Waals surface area (Å²) in [4.78, 5) is 66.5. The van der Waals surface area contributed by atoms with Gasteiger partial charge in [-0.15, -0.1) is 0 Å². The minimum absolute atomic E-state index is 0. The molecule has 0 aromatic carbocycles. The van der Waals surface area contributed by atoms with E-state index in [0.29, 0.717) is 65.7 Å². The van der Waals surface area contributed by atoms with Gasteiger partial charge in [-0.3, -0.25) is 4.79 Å². The summed E-state index contributed by atoms with van der Waals surface area (Å²) in [6.45, 7) is 27.6. The number of urea groups is 1. The summed E-state index contributed by atoms with van der Waals surface area (Å²) < 4.78 is 21.8. The van der Waals surface area contributed by atoms with Crippen molar-refractivity contribution in [2.45, 2.75) is 218 Å². The fraction of sp³-hybridized carbons (Fsp3) is 0.857. The molecule has 4 amide bonds. The van der Waals surface area contributed by atoms with Crippen LogP contribution in [0.5, 0.6) is 0 Å². The minimum atomic E-state index is -0.523. The maximum atomic E-state index is 12.7. The Morgan fingerprint density at radius 1 is 0.489 bits per heavy atom. The Morgan fingerprint density at radius 2 is 0.864 bits per heavy atom. The molecule has 0 bridgehead atoms. The molecule has 0 spiro atoms. The SMILES string of the molecule is CNC(=O)Cl.CNC(=O)N1CCC[C@H]1C1CCN(C2CCCN(c3nc(C)no3)CC2)CC1.Cc1noc(N2CCCC(N3CCC([C@@H]4CCCN4)CC3)CC2)n1.Cc1noc(N2CCCC(N3CCC([C@@H]4CCCN4C(=O)OC(C)(C)C)CC3)CC2)n1.[2HH]. The van der Waals surface area contributed by atoms with Crippen LogP contribution < -0.4 is 30.7 Å². The molecule has 3 unspecified atom stereocenters. The van der Waals surface area contributed by atoms with E-state index in [0.717, 1.165) is 141 Å². The lowest BCUT2D eigenvalue weighted by Gasteiger charge is -2.41. The molecule has 24 nitrogen and oxygen atoms in total. The molecule has 12 heterocycles. The van der Waals surface area contributed by atoms with E-state index in [2.05, 4.69) is 80.7 Å². The van der Waals surface area contributed by atoms with Crippen molar-refractivity contribution >= 4 is 47.1 Å². The van der Waals surface area contributed by atoms with Crippen molar-refractivity contribution in [3.63, 3.8) is 0 Å². The summed E-state index contributed by atoms with van der Waals surface area (Å²) in [6, 6.07) is 5.75. The van der Waals surface area contributed by atoms with Crippen molar-refractivity contribution in [3.05, 3.63) is 17.5 Å². The third kappa shape index (κ3) is 19.0. The van der Waals surface area contributed by atoms with Crippen molar-refractivity contribution < 1.29 is 34.1 Å². The second kappa shape index (κ2) is 32.8. The van der Waals surface area contributed by atoms with E-state index in [9.17, 15) is 14.4 Å². The second-order valence-electron chi connectivity index (χ2n) is 27.3. The molecular formula is C63H110ClN17O7. The van der Waals surface area contributed by atoms with Crippen LogP contribution in [0.2, 0.25) is 0 Å². The van der Waals surface area contributed by atoms with Gasteiger partial charge in [0.05, 0.1) is 0 Å². The van der Waals surface area contributed by atoms with Gasteiger partial charge in [-0.2, -0.15) is 15.0 Å². The number of nitrogens with zero attached hydrogens (tertiary/aromatic N) is 14. The van der Waals surface area contributed by atoms with Gasteiger partial charge in [0.15, 0.2) is 17.5 Å².